The van der Waals surface area contributed by atoms with Gasteiger partial charge in [0.2, 0.25) is 5.16 Å². The van der Waals surface area contributed by atoms with Crippen molar-refractivity contribution < 1.29 is 9.90 Å². The lowest BCUT2D eigenvalue weighted by atomic mass is 10.3. The molecule has 76 valence electrons. The summed E-state index contributed by atoms with van der Waals surface area (Å²) in [6.45, 7) is 0. The van der Waals surface area contributed by atoms with E-state index in [9.17, 15) is 4.79 Å². The number of aromatic nitrogens is 3. The topological polar surface area (TPSA) is 78.9 Å². The van der Waals surface area contributed by atoms with Crippen molar-refractivity contribution >= 4 is 17.7 Å². The first-order chi connectivity index (χ1) is 6.74. The van der Waals surface area contributed by atoms with Crippen molar-refractivity contribution in [3.8, 4) is 0 Å². The fraction of sp³-hybridized carbons (Fsp3) is 0.625. The molecule has 0 aromatic carbocycles. The van der Waals surface area contributed by atoms with Gasteiger partial charge in [0.1, 0.15) is 5.82 Å². The summed E-state index contributed by atoms with van der Waals surface area (Å²) in [4.78, 5) is 14.5. The second kappa shape index (κ2) is 4.00. The number of carbonyl (C=O) groups is 1. The molecule has 6 heteroatoms. The zero-order valence-electron chi connectivity index (χ0n) is 7.56. The largest absolute Gasteiger partial charge is 0.481 e. The summed E-state index contributed by atoms with van der Waals surface area (Å²) in [5, 5.41) is 15.7. The lowest BCUT2D eigenvalue weighted by molar-refractivity contribution is -0.133. The third-order valence-electron chi connectivity index (χ3n) is 2.01. The van der Waals surface area contributed by atoms with Gasteiger partial charge < -0.3 is 5.11 Å². The normalized spacial score (nSPS) is 15.7. The Morgan fingerprint density at radius 2 is 2.43 bits per heavy atom. The molecule has 0 atom stereocenters. The van der Waals surface area contributed by atoms with E-state index in [0.29, 0.717) is 5.16 Å². The Labute approximate surface area is 85.3 Å². The maximum absolute atomic E-state index is 10.3. The minimum Gasteiger partial charge on any atom is -0.481 e. The van der Waals surface area contributed by atoms with Gasteiger partial charge in [-0.15, -0.1) is 5.10 Å². The van der Waals surface area contributed by atoms with Gasteiger partial charge in [0.05, 0.1) is 5.75 Å². The number of hydrogen-bond acceptors (Lipinski definition) is 4. The number of nitrogens with zero attached hydrogens (tertiary/aromatic N) is 2. The molecule has 1 heterocycles. The predicted octanol–water partition coefficient (Wildman–Crippen LogP) is 0.934. The van der Waals surface area contributed by atoms with Crippen LogP contribution in [0.3, 0.4) is 0 Å². The summed E-state index contributed by atoms with van der Waals surface area (Å²) in [7, 11) is 0. The molecule has 5 nitrogen and oxygen atoms in total. The number of hydrogen-bond donors (Lipinski definition) is 2. The van der Waals surface area contributed by atoms with E-state index >= 15 is 0 Å². The van der Waals surface area contributed by atoms with Gasteiger partial charge in [-0.05, 0) is 18.8 Å². The molecule has 1 fully saturated rings. The number of thioether (sulfide) groups is 1. The van der Waals surface area contributed by atoms with E-state index in [4.69, 9.17) is 5.11 Å². The molecular formula is C8H11N3O2S. The van der Waals surface area contributed by atoms with Crippen molar-refractivity contribution in [3.05, 3.63) is 5.82 Å². The summed E-state index contributed by atoms with van der Waals surface area (Å²) in [6, 6.07) is 0. The number of aliphatic carboxylic acids is 1. The average Bonchev–Trinajstić information content (AvgIpc) is 2.81. The molecule has 1 aromatic rings. The van der Waals surface area contributed by atoms with Crippen molar-refractivity contribution in [2.75, 3.05) is 5.75 Å². The lowest BCUT2D eigenvalue weighted by Crippen LogP contribution is -1.97. The quantitative estimate of drug-likeness (QED) is 0.711. The average molecular weight is 213 g/mol. The van der Waals surface area contributed by atoms with E-state index in [1.165, 1.54) is 12.8 Å². The highest BCUT2D eigenvalue weighted by molar-refractivity contribution is 7.99. The maximum Gasteiger partial charge on any atom is 0.313 e. The smallest absolute Gasteiger partial charge is 0.313 e. The number of carboxylic acids is 1. The highest BCUT2D eigenvalue weighted by Crippen LogP contribution is 2.31. The molecule has 0 saturated heterocycles. The molecule has 0 radical (unpaired) electrons. The number of rotatable bonds is 5. The van der Waals surface area contributed by atoms with E-state index in [2.05, 4.69) is 15.2 Å². The van der Waals surface area contributed by atoms with Gasteiger partial charge in [0.25, 0.3) is 0 Å². The van der Waals surface area contributed by atoms with Crippen LogP contribution in [0.2, 0.25) is 0 Å². The zero-order chi connectivity index (χ0) is 9.97. The van der Waals surface area contributed by atoms with E-state index in [0.717, 1.165) is 29.9 Å². The Balaban J connectivity index is 1.85. The molecule has 0 aliphatic heterocycles. The summed E-state index contributed by atoms with van der Waals surface area (Å²) in [5.74, 6) is 0.810. The van der Waals surface area contributed by atoms with Gasteiger partial charge in [-0.25, -0.2) is 4.98 Å². The van der Waals surface area contributed by atoms with Crippen LogP contribution in [0, 0.1) is 5.92 Å². The van der Waals surface area contributed by atoms with E-state index in [1.807, 2.05) is 0 Å². The molecule has 1 aliphatic carbocycles. The van der Waals surface area contributed by atoms with E-state index in [-0.39, 0.29) is 5.75 Å². The maximum atomic E-state index is 10.3. The molecule has 0 spiro atoms. The Bertz CT molecular complexity index is 335. The number of nitrogens with one attached hydrogen (secondary N) is 1. The van der Waals surface area contributed by atoms with Crippen molar-refractivity contribution in [2.24, 2.45) is 5.92 Å². The van der Waals surface area contributed by atoms with Crippen LogP contribution in [-0.2, 0) is 11.2 Å². The van der Waals surface area contributed by atoms with Crippen LogP contribution in [0.25, 0.3) is 0 Å². The Morgan fingerprint density at radius 1 is 1.64 bits per heavy atom. The van der Waals surface area contributed by atoms with Crippen LogP contribution in [0.15, 0.2) is 5.16 Å². The lowest BCUT2D eigenvalue weighted by Gasteiger charge is -1.89. The SMILES string of the molecule is O=C(O)CSc1n[nH]c(CC2CC2)n1. The molecule has 1 aliphatic rings. The fourth-order valence-electron chi connectivity index (χ4n) is 1.16. The van der Waals surface area contributed by atoms with Gasteiger partial charge in [-0.3, -0.25) is 9.89 Å². The van der Waals surface area contributed by atoms with Gasteiger partial charge in [0, 0.05) is 6.42 Å². The Hall–Kier alpha value is -1.04. The number of aromatic amines is 1. The third-order valence-corrected chi connectivity index (χ3v) is 2.85. The highest BCUT2D eigenvalue weighted by Gasteiger charge is 2.23. The van der Waals surface area contributed by atoms with Crippen LogP contribution >= 0.6 is 11.8 Å². The summed E-state index contributed by atoms with van der Waals surface area (Å²) in [6.07, 6.45) is 3.50. The first-order valence-corrected chi connectivity index (χ1v) is 5.48. The standard InChI is InChI=1S/C8H11N3O2S/c12-7(13)4-14-8-9-6(10-11-8)3-5-1-2-5/h5H,1-4H2,(H,12,13)(H,9,10,11). The first-order valence-electron chi connectivity index (χ1n) is 4.50. The van der Waals surface area contributed by atoms with Crippen molar-refractivity contribution in [3.63, 3.8) is 0 Å². The Morgan fingerprint density at radius 3 is 3.07 bits per heavy atom. The molecule has 1 aromatic heterocycles. The third kappa shape index (κ3) is 2.73. The second-order valence-corrected chi connectivity index (χ2v) is 4.34. The van der Waals surface area contributed by atoms with Crippen molar-refractivity contribution in [1.82, 2.24) is 15.2 Å². The molecule has 0 unspecified atom stereocenters. The van der Waals surface area contributed by atoms with Crippen molar-refractivity contribution in [1.29, 1.82) is 0 Å². The predicted molar refractivity (Wildman–Crippen MR) is 51.2 cm³/mol. The molecule has 14 heavy (non-hydrogen) atoms. The fourth-order valence-corrected chi connectivity index (χ4v) is 1.69. The Kier molecular flexibility index (Phi) is 2.72. The minimum absolute atomic E-state index is 0.0146. The molecular weight excluding hydrogens is 202 g/mol. The zero-order valence-corrected chi connectivity index (χ0v) is 8.38. The molecule has 1 saturated carbocycles. The number of carboxylic acid groups (broad SMARTS) is 1. The molecule has 2 rings (SSSR count). The monoisotopic (exact) mass is 213 g/mol. The van der Waals surface area contributed by atoms with Gasteiger partial charge >= 0.3 is 5.97 Å². The van der Waals surface area contributed by atoms with E-state index in [1.54, 1.807) is 0 Å². The van der Waals surface area contributed by atoms with Gasteiger partial charge in [-0.1, -0.05) is 11.8 Å². The summed E-state index contributed by atoms with van der Waals surface area (Å²) in [5.41, 5.74) is 0. The van der Waals surface area contributed by atoms with Crippen LogP contribution < -0.4 is 0 Å². The van der Waals surface area contributed by atoms with Gasteiger partial charge in [0.15, 0.2) is 0 Å². The molecule has 0 bridgehead atoms. The highest BCUT2D eigenvalue weighted by atomic mass is 32.2. The van der Waals surface area contributed by atoms with Gasteiger partial charge in [-0.2, -0.15) is 0 Å². The second-order valence-electron chi connectivity index (χ2n) is 3.39. The first kappa shape index (κ1) is 9.51. The van der Waals surface area contributed by atoms with Crippen LogP contribution in [0.1, 0.15) is 18.7 Å². The molecule has 0 amide bonds. The number of H-pyrrole nitrogens is 1. The molecule has 2 N–H and O–H groups in total. The van der Waals surface area contributed by atoms with Crippen LogP contribution in [-0.4, -0.2) is 32.0 Å². The summed E-state index contributed by atoms with van der Waals surface area (Å²) < 4.78 is 0. The summed E-state index contributed by atoms with van der Waals surface area (Å²) >= 11 is 1.14. The minimum atomic E-state index is -0.844. The van der Waals surface area contributed by atoms with Crippen LogP contribution in [0.5, 0.6) is 0 Å². The van der Waals surface area contributed by atoms with Crippen LogP contribution in [0.4, 0.5) is 0 Å². The van der Waals surface area contributed by atoms with Crippen molar-refractivity contribution in [2.45, 2.75) is 24.4 Å². The van der Waals surface area contributed by atoms with E-state index < -0.39 is 5.97 Å².